The van der Waals surface area contributed by atoms with E-state index in [9.17, 15) is 4.79 Å². The number of piperazine rings is 1. The van der Waals surface area contributed by atoms with E-state index in [1.807, 2.05) is 13.8 Å². The molecule has 0 aliphatic carbocycles. The number of carbonyl (C=O) groups excluding carboxylic acids is 1. The van der Waals surface area contributed by atoms with Crippen molar-refractivity contribution in [3.05, 3.63) is 0 Å². The Morgan fingerprint density at radius 3 is 2.81 bits per heavy atom. The molecule has 2 N–H and O–H groups in total. The van der Waals surface area contributed by atoms with Crippen molar-refractivity contribution in [3.63, 3.8) is 0 Å². The molecular formula is C12H25N3O. The van der Waals surface area contributed by atoms with E-state index >= 15 is 0 Å². The molecule has 4 nitrogen and oxygen atoms in total. The van der Waals surface area contributed by atoms with Crippen molar-refractivity contribution < 1.29 is 4.79 Å². The van der Waals surface area contributed by atoms with Crippen LogP contribution in [0.25, 0.3) is 0 Å². The Labute approximate surface area is 98.8 Å². The van der Waals surface area contributed by atoms with Crippen LogP contribution in [0.5, 0.6) is 0 Å². The topological polar surface area (TPSA) is 44.4 Å². The maximum absolute atomic E-state index is 11.9. The van der Waals surface area contributed by atoms with Crippen molar-refractivity contribution in [3.8, 4) is 0 Å². The van der Waals surface area contributed by atoms with Crippen LogP contribution >= 0.6 is 0 Å². The van der Waals surface area contributed by atoms with Gasteiger partial charge in [0.15, 0.2) is 0 Å². The summed E-state index contributed by atoms with van der Waals surface area (Å²) >= 11 is 0. The summed E-state index contributed by atoms with van der Waals surface area (Å²) < 4.78 is 0. The third-order valence-electron chi connectivity index (χ3n) is 3.33. The highest BCUT2D eigenvalue weighted by molar-refractivity contribution is 5.81. The lowest BCUT2D eigenvalue weighted by Crippen LogP contribution is -2.56. The lowest BCUT2D eigenvalue weighted by molar-refractivity contribution is -0.126. The third-order valence-corrected chi connectivity index (χ3v) is 3.33. The van der Waals surface area contributed by atoms with Crippen molar-refractivity contribution in [1.82, 2.24) is 15.5 Å². The predicted molar refractivity (Wildman–Crippen MR) is 66.4 cm³/mol. The van der Waals surface area contributed by atoms with Crippen molar-refractivity contribution in [2.24, 2.45) is 0 Å². The SMILES string of the molecule is CCC(C)NC(=O)C(C)N1CCN[C@@H](C)C1. The van der Waals surface area contributed by atoms with E-state index in [0.29, 0.717) is 6.04 Å². The molecule has 0 aromatic rings. The van der Waals surface area contributed by atoms with Gasteiger partial charge in [-0.25, -0.2) is 0 Å². The number of rotatable bonds is 4. The molecule has 16 heavy (non-hydrogen) atoms. The van der Waals surface area contributed by atoms with E-state index in [1.54, 1.807) is 0 Å². The molecule has 0 aromatic carbocycles. The van der Waals surface area contributed by atoms with Gasteiger partial charge in [-0.15, -0.1) is 0 Å². The molecule has 2 unspecified atom stereocenters. The number of nitrogens with zero attached hydrogens (tertiary/aromatic N) is 1. The Kier molecular flexibility index (Phi) is 5.22. The molecule has 1 aliphatic heterocycles. The molecule has 1 heterocycles. The summed E-state index contributed by atoms with van der Waals surface area (Å²) in [7, 11) is 0. The van der Waals surface area contributed by atoms with Gasteiger partial charge in [0.05, 0.1) is 6.04 Å². The number of carbonyl (C=O) groups is 1. The van der Waals surface area contributed by atoms with Gasteiger partial charge in [0.1, 0.15) is 0 Å². The van der Waals surface area contributed by atoms with Crippen molar-refractivity contribution in [2.75, 3.05) is 19.6 Å². The molecule has 0 aromatic heterocycles. The van der Waals surface area contributed by atoms with E-state index in [2.05, 4.69) is 29.4 Å². The van der Waals surface area contributed by atoms with E-state index in [-0.39, 0.29) is 18.0 Å². The Morgan fingerprint density at radius 1 is 1.56 bits per heavy atom. The Morgan fingerprint density at radius 2 is 2.25 bits per heavy atom. The summed E-state index contributed by atoms with van der Waals surface area (Å²) in [5.41, 5.74) is 0. The van der Waals surface area contributed by atoms with Crippen molar-refractivity contribution in [2.45, 2.75) is 52.2 Å². The molecule has 94 valence electrons. The average molecular weight is 227 g/mol. The van der Waals surface area contributed by atoms with Crippen molar-refractivity contribution >= 4 is 5.91 Å². The van der Waals surface area contributed by atoms with Gasteiger partial charge < -0.3 is 10.6 Å². The molecule has 1 rings (SSSR count). The van der Waals surface area contributed by atoms with Crippen LogP contribution in [0.3, 0.4) is 0 Å². The monoisotopic (exact) mass is 227 g/mol. The molecule has 3 atom stereocenters. The molecule has 0 bridgehead atoms. The zero-order valence-electron chi connectivity index (χ0n) is 10.9. The van der Waals surface area contributed by atoms with E-state index in [4.69, 9.17) is 0 Å². The van der Waals surface area contributed by atoms with Crippen LogP contribution in [0.1, 0.15) is 34.1 Å². The normalized spacial score (nSPS) is 26.1. The van der Waals surface area contributed by atoms with Gasteiger partial charge in [0, 0.05) is 31.7 Å². The van der Waals surface area contributed by atoms with Crippen LogP contribution in [0.2, 0.25) is 0 Å². The lowest BCUT2D eigenvalue weighted by atomic mass is 10.1. The summed E-state index contributed by atoms with van der Waals surface area (Å²) in [6, 6.07) is 0.737. The molecule has 4 heteroatoms. The van der Waals surface area contributed by atoms with Gasteiger partial charge in [-0.05, 0) is 27.2 Å². The maximum Gasteiger partial charge on any atom is 0.237 e. The fourth-order valence-corrected chi connectivity index (χ4v) is 1.95. The average Bonchev–Trinajstić information content (AvgIpc) is 2.27. The molecule has 0 radical (unpaired) electrons. The standard InChI is InChI=1S/C12H25N3O/c1-5-9(2)14-12(16)11(4)15-7-6-13-10(3)8-15/h9-11,13H,5-8H2,1-4H3,(H,14,16)/t9?,10-,11?/m0/s1. The first-order valence-corrected chi connectivity index (χ1v) is 6.32. The van der Waals surface area contributed by atoms with Crippen LogP contribution in [0, 0.1) is 0 Å². The number of amides is 1. The quantitative estimate of drug-likeness (QED) is 0.738. The fraction of sp³-hybridized carbons (Fsp3) is 0.917. The number of nitrogens with one attached hydrogen (secondary N) is 2. The summed E-state index contributed by atoms with van der Waals surface area (Å²) in [6.07, 6.45) is 0.983. The Balaban J connectivity index is 2.43. The van der Waals surface area contributed by atoms with E-state index < -0.39 is 0 Å². The van der Waals surface area contributed by atoms with Crippen LogP contribution in [-0.2, 0) is 4.79 Å². The van der Waals surface area contributed by atoms with Gasteiger partial charge in [-0.2, -0.15) is 0 Å². The first-order valence-electron chi connectivity index (χ1n) is 6.32. The van der Waals surface area contributed by atoms with Crippen LogP contribution < -0.4 is 10.6 Å². The molecule has 1 fully saturated rings. The van der Waals surface area contributed by atoms with Gasteiger partial charge in [0.2, 0.25) is 5.91 Å². The zero-order valence-corrected chi connectivity index (χ0v) is 10.9. The van der Waals surface area contributed by atoms with E-state index in [0.717, 1.165) is 26.1 Å². The summed E-state index contributed by atoms with van der Waals surface area (Å²) in [4.78, 5) is 14.2. The van der Waals surface area contributed by atoms with Crippen LogP contribution in [0.15, 0.2) is 0 Å². The second kappa shape index (κ2) is 6.21. The molecular weight excluding hydrogens is 202 g/mol. The molecule has 1 aliphatic rings. The predicted octanol–water partition coefficient (Wildman–Crippen LogP) is 0.583. The third kappa shape index (κ3) is 3.76. The summed E-state index contributed by atoms with van der Waals surface area (Å²) in [6.45, 7) is 11.2. The van der Waals surface area contributed by atoms with Crippen molar-refractivity contribution in [1.29, 1.82) is 0 Å². The highest BCUT2D eigenvalue weighted by atomic mass is 16.2. The van der Waals surface area contributed by atoms with E-state index in [1.165, 1.54) is 0 Å². The maximum atomic E-state index is 11.9. The van der Waals surface area contributed by atoms with Crippen LogP contribution in [-0.4, -0.2) is 48.6 Å². The minimum Gasteiger partial charge on any atom is -0.352 e. The highest BCUT2D eigenvalue weighted by Gasteiger charge is 2.25. The number of hydrogen-bond acceptors (Lipinski definition) is 3. The smallest absolute Gasteiger partial charge is 0.237 e. The summed E-state index contributed by atoms with van der Waals surface area (Å²) in [5, 5.41) is 6.42. The minimum atomic E-state index is -0.0152. The molecule has 1 amide bonds. The first kappa shape index (κ1) is 13.5. The second-order valence-corrected chi connectivity index (χ2v) is 4.84. The largest absolute Gasteiger partial charge is 0.352 e. The van der Waals surface area contributed by atoms with Gasteiger partial charge in [-0.1, -0.05) is 6.92 Å². The second-order valence-electron chi connectivity index (χ2n) is 4.84. The number of hydrogen-bond donors (Lipinski definition) is 2. The Bertz CT molecular complexity index is 232. The van der Waals surface area contributed by atoms with Gasteiger partial charge in [-0.3, -0.25) is 9.69 Å². The Hall–Kier alpha value is -0.610. The molecule has 0 spiro atoms. The van der Waals surface area contributed by atoms with Crippen LogP contribution in [0.4, 0.5) is 0 Å². The van der Waals surface area contributed by atoms with Gasteiger partial charge >= 0.3 is 0 Å². The van der Waals surface area contributed by atoms with Gasteiger partial charge in [0.25, 0.3) is 0 Å². The summed E-state index contributed by atoms with van der Waals surface area (Å²) in [5.74, 6) is 0.156. The minimum absolute atomic E-state index is 0.0152. The molecule has 0 saturated carbocycles. The first-order chi connectivity index (χ1) is 7.54. The zero-order chi connectivity index (χ0) is 12.1. The lowest BCUT2D eigenvalue weighted by Gasteiger charge is -2.35. The highest BCUT2D eigenvalue weighted by Crippen LogP contribution is 2.05. The molecule has 1 saturated heterocycles. The fourth-order valence-electron chi connectivity index (χ4n) is 1.95.